The first-order valence-electron chi connectivity index (χ1n) is 6.00. The summed E-state index contributed by atoms with van der Waals surface area (Å²) in [5.41, 5.74) is 9.02. The molecule has 4 heteroatoms. The zero-order valence-corrected chi connectivity index (χ0v) is 11.6. The number of hydrogen-bond donors (Lipinski definition) is 1. The van der Waals surface area contributed by atoms with Gasteiger partial charge in [-0.15, -0.1) is 11.3 Å². The lowest BCUT2D eigenvalue weighted by atomic mass is 9.99. The van der Waals surface area contributed by atoms with Crippen molar-refractivity contribution < 1.29 is 4.74 Å². The Morgan fingerprint density at radius 1 is 1.39 bits per heavy atom. The van der Waals surface area contributed by atoms with Gasteiger partial charge in [0, 0.05) is 16.9 Å². The minimum Gasteiger partial charge on any atom is -0.487 e. The maximum Gasteiger partial charge on any atom is 0.180 e. The predicted molar refractivity (Wildman–Crippen MR) is 75.1 cm³/mol. The smallest absolute Gasteiger partial charge is 0.180 e. The van der Waals surface area contributed by atoms with Crippen LogP contribution in [0.1, 0.15) is 24.3 Å². The van der Waals surface area contributed by atoms with E-state index in [1.54, 1.807) is 0 Å². The van der Waals surface area contributed by atoms with Gasteiger partial charge in [0.25, 0.3) is 0 Å². The molecule has 0 spiro atoms. The molecule has 94 valence electrons. The van der Waals surface area contributed by atoms with Crippen molar-refractivity contribution in [2.75, 3.05) is 5.73 Å². The third kappa shape index (κ3) is 1.86. The van der Waals surface area contributed by atoms with Crippen molar-refractivity contribution in [2.24, 2.45) is 0 Å². The summed E-state index contributed by atoms with van der Waals surface area (Å²) in [7, 11) is 0. The molecule has 0 saturated heterocycles. The van der Waals surface area contributed by atoms with Gasteiger partial charge in [-0.1, -0.05) is 0 Å². The Morgan fingerprint density at radius 3 is 2.83 bits per heavy atom. The van der Waals surface area contributed by atoms with E-state index in [4.69, 9.17) is 10.5 Å². The molecular formula is C14H16N2OS. The van der Waals surface area contributed by atoms with Crippen LogP contribution in [0.25, 0.3) is 11.3 Å². The molecular weight excluding hydrogens is 244 g/mol. The van der Waals surface area contributed by atoms with E-state index >= 15 is 0 Å². The molecule has 2 aromatic rings. The maximum absolute atomic E-state index is 5.88. The van der Waals surface area contributed by atoms with Crippen LogP contribution in [0.2, 0.25) is 0 Å². The van der Waals surface area contributed by atoms with Crippen LogP contribution in [-0.2, 0) is 6.42 Å². The van der Waals surface area contributed by atoms with Gasteiger partial charge in [0.1, 0.15) is 11.4 Å². The number of anilines is 1. The van der Waals surface area contributed by atoms with E-state index in [1.807, 2.05) is 6.07 Å². The quantitative estimate of drug-likeness (QED) is 0.854. The summed E-state index contributed by atoms with van der Waals surface area (Å²) in [6, 6.07) is 6.27. The zero-order chi connectivity index (χ0) is 12.9. The minimum atomic E-state index is -0.100. The highest BCUT2D eigenvalue weighted by Crippen LogP contribution is 2.38. The van der Waals surface area contributed by atoms with Gasteiger partial charge in [-0.3, -0.25) is 0 Å². The van der Waals surface area contributed by atoms with E-state index in [9.17, 15) is 0 Å². The average Bonchev–Trinajstić information content (AvgIpc) is 2.74. The molecule has 1 aliphatic heterocycles. The Balaban J connectivity index is 2.05. The number of ether oxygens (including phenoxy) is 1. The third-order valence-electron chi connectivity index (χ3n) is 3.15. The first-order valence-corrected chi connectivity index (χ1v) is 6.81. The topological polar surface area (TPSA) is 48.1 Å². The molecule has 3 nitrogen and oxygen atoms in total. The molecule has 0 fully saturated rings. The van der Waals surface area contributed by atoms with Crippen LogP contribution in [0.4, 0.5) is 5.13 Å². The van der Waals surface area contributed by atoms with Crippen molar-refractivity contribution in [1.82, 2.24) is 4.98 Å². The fourth-order valence-electron chi connectivity index (χ4n) is 2.44. The van der Waals surface area contributed by atoms with Crippen molar-refractivity contribution in [3.05, 3.63) is 28.6 Å². The van der Waals surface area contributed by atoms with E-state index in [1.165, 1.54) is 16.9 Å². The molecule has 3 rings (SSSR count). The average molecular weight is 260 g/mol. The first-order chi connectivity index (χ1) is 8.44. The summed E-state index contributed by atoms with van der Waals surface area (Å²) in [6.45, 7) is 6.27. The van der Waals surface area contributed by atoms with E-state index < -0.39 is 0 Å². The highest BCUT2D eigenvalue weighted by atomic mass is 32.1. The number of fused-ring (bicyclic) bond motifs is 1. The van der Waals surface area contributed by atoms with Crippen LogP contribution >= 0.6 is 11.3 Å². The van der Waals surface area contributed by atoms with Crippen molar-refractivity contribution in [2.45, 2.75) is 32.8 Å². The van der Waals surface area contributed by atoms with Gasteiger partial charge in [-0.05, 0) is 44.5 Å². The highest BCUT2D eigenvalue weighted by molar-refractivity contribution is 7.15. The van der Waals surface area contributed by atoms with Gasteiger partial charge in [0.2, 0.25) is 0 Å². The molecule has 0 atom stereocenters. The van der Waals surface area contributed by atoms with E-state index in [0.29, 0.717) is 5.13 Å². The molecule has 18 heavy (non-hydrogen) atoms. The molecule has 0 radical (unpaired) electrons. The fourth-order valence-corrected chi connectivity index (χ4v) is 3.15. The normalized spacial score (nSPS) is 16.4. The predicted octanol–water partition coefficient (Wildman–Crippen LogP) is 3.41. The second-order valence-electron chi connectivity index (χ2n) is 5.32. The number of aryl methyl sites for hydroxylation is 1. The molecule has 0 bridgehead atoms. The van der Waals surface area contributed by atoms with Crippen LogP contribution in [0.5, 0.6) is 5.75 Å². The number of nitrogen functional groups attached to an aromatic ring is 1. The van der Waals surface area contributed by atoms with Crippen LogP contribution < -0.4 is 10.5 Å². The van der Waals surface area contributed by atoms with Crippen molar-refractivity contribution in [3.8, 4) is 17.0 Å². The molecule has 0 saturated carbocycles. The molecule has 2 heterocycles. The number of hydrogen-bond acceptors (Lipinski definition) is 4. The largest absolute Gasteiger partial charge is 0.487 e. The monoisotopic (exact) mass is 260 g/mol. The van der Waals surface area contributed by atoms with Crippen LogP contribution in [0.3, 0.4) is 0 Å². The maximum atomic E-state index is 5.88. The molecule has 1 aliphatic rings. The summed E-state index contributed by atoms with van der Waals surface area (Å²) in [5, 5.41) is 0.625. The van der Waals surface area contributed by atoms with E-state index in [-0.39, 0.29) is 5.60 Å². The van der Waals surface area contributed by atoms with Gasteiger partial charge >= 0.3 is 0 Å². The number of nitrogens with zero attached hydrogens (tertiary/aromatic N) is 1. The van der Waals surface area contributed by atoms with Crippen molar-refractivity contribution in [1.29, 1.82) is 0 Å². The summed E-state index contributed by atoms with van der Waals surface area (Å²) in [4.78, 5) is 5.56. The SMILES string of the molecule is Cc1sc(N)nc1-c1ccc2c(c1)CC(C)(C)O2. The van der Waals surface area contributed by atoms with Crippen molar-refractivity contribution in [3.63, 3.8) is 0 Å². The summed E-state index contributed by atoms with van der Waals surface area (Å²) >= 11 is 1.53. The van der Waals surface area contributed by atoms with Crippen molar-refractivity contribution >= 4 is 16.5 Å². The van der Waals surface area contributed by atoms with Gasteiger partial charge in [0.15, 0.2) is 5.13 Å². The molecule has 1 aromatic carbocycles. The minimum absolute atomic E-state index is 0.100. The molecule has 0 aliphatic carbocycles. The van der Waals surface area contributed by atoms with Gasteiger partial charge in [-0.25, -0.2) is 4.98 Å². The lowest BCUT2D eigenvalue weighted by Crippen LogP contribution is -2.24. The van der Waals surface area contributed by atoms with Gasteiger partial charge in [-0.2, -0.15) is 0 Å². The van der Waals surface area contributed by atoms with E-state index in [0.717, 1.165) is 28.3 Å². The van der Waals surface area contributed by atoms with Crippen LogP contribution in [0.15, 0.2) is 18.2 Å². The Bertz CT molecular complexity index is 616. The van der Waals surface area contributed by atoms with Crippen LogP contribution in [0, 0.1) is 6.92 Å². The Kier molecular flexibility index (Phi) is 2.38. The molecule has 1 aromatic heterocycles. The number of rotatable bonds is 1. The van der Waals surface area contributed by atoms with Gasteiger partial charge < -0.3 is 10.5 Å². The summed E-state index contributed by atoms with van der Waals surface area (Å²) in [5.74, 6) is 0.990. The lowest BCUT2D eigenvalue weighted by Gasteiger charge is -2.16. The third-order valence-corrected chi connectivity index (χ3v) is 3.95. The second-order valence-corrected chi connectivity index (χ2v) is 6.55. The second kappa shape index (κ2) is 3.72. The Morgan fingerprint density at radius 2 is 2.17 bits per heavy atom. The standard InChI is InChI=1S/C14H16N2OS/c1-8-12(16-13(15)18-8)9-4-5-11-10(6-9)7-14(2,3)17-11/h4-6H,7H2,1-3H3,(H2,15,16). The first kappa shape index (κ1) is 11.5. The number of thiazole rings is 1. The number of aromatic nitrogens is 1. The Labute approximate surface area is 111 Å². The highest BCUT2D eigenvalue weighted by Gasteiger charge is 2.30. The Hall–Kier alpha value is -1.55. The summed E-state index contributed by atoms with van der Waals surface area (Å²) < 4.78 is 5.88. The lowest BCUT2D eigenvalue weighted by molar-refractivity contribution is 0.138. The van der Waals surface area contributed by atoms with Gasteiger partial charge in [0.05, 0.1) is 5.69 Å². The molecule has 0 unspecified atom stereocenters. The number of nitrogens with two attached hydrogens (primary N) is 1. The summed E-state index contributed by atoms with van der Waals surface area (Å²) in [6.07, 6.45) is 0.939. The van der Waals surface area contributed by atoms with E-state index in [2.05, 4.69) is 37.9 Å². The molecule has 2 N–H and O–H groups in total. The fraction of sp³-hybridized carbons (Fsp3) is 0.357. The van der Waals surface area contributed by atoms with Crippen LogP contribution in [-0.4, -0.2) is 10.6 Å². The molecule has 0 amide bonds. The number of benzene rings is 1. The zero-order valence-electron chi connectivity index (χ0n) is 10.8.